The van der Waals surface area contributed by atoms with Crippen molar-refractivity contribution in [1.82, 2.24) is 14.7 Å². The Labute approximate surface area is 150 Å². The van der Waals surface area contributed by atoms with Gasteiger partial charge in [0, 0.05) is 17.5 Å². The van der Waals surface area contributed by atoms with Gasteiger partial charge in [-0.15, -0.1) is 12.4 Å². The van der Waals surface area contributed by atoms with Gasteiger partial charge in [0.1, 0.15) is 5.69 Å². The summed E-state index contributed by atoms with van der Waals surface area (Å²) in [5.74, 6) is 0. The molecule has 0 aliphatic carbocycles. The minimum absolute atomic E-state index is 0. The standard InChI is InChI=1S/C20H25N3.ClH/c1-4-22(5-2)13-14-23-19-12-11-16(3)15-18(19)20(21-23)17-9-7-6-8-10-17;/h6-12,15H,4-5,13-14H2,1-3H3;1H. The molecule has 1 aromatic heterocycles. The summed E-state index contributed by atoms with van der Waals surface area (Å²) in [5.41, 5.74) is 4.77. The molecule has 0 aliphatic heterocycles. The van der Waals surface area contributed by atoms with Crippen LogP contribution >= 0.6 is 12.4 Å². The van der Waals surface area contributed by atoms with E-state index < -0.39 is 0 Å². The summed E-state index contributed by atoms with van der Waals surface area (Å²) in [6, 6.07) is 17.1. The van der Waals surface area contributed by atoms with Crippen LogP contribution in [0, 0.1) is 6.92 Å². The first-order valence-electron chi connectivity index (χ1n) is 8.48. The van der Waals surface area contributed by atoms with Gasteiger partial charge in [-0.25, -0.2) is 0 Å². The second-order valence-corrected chi connectivity index (χ2v) is 5.99. The molecule has 0 saturated heterocycles. The molecule has 3 rings (SSSR count). The van der Waals surface area contributed by atoms with E-state index in [9.17, 15) is 0 Å². The van der Waals surface area contributed by atoms with Crippen molar-refractivity contribution in [2.24, 2.45) is 0 Å². The first-order chi connectivity index (χ1) is 11.2. The van der Waals surface area contributed by atoms with Gasteiger partial charge in [0.05, 0.1) is 12.1 Å². The molecular weight excluding hydrogens is 318 g/mol. The van der Waals surface area contributed by atoms with Crippen molar-refractivity contribution in [3.8, 4) is 11.3 Å². The van der Waals surface area contributed by atoms with Crippen LogP contribution in [-0.4, -0.2) is 34.3 Å². The van der Waals surface area contributed by atoms with Crippen molar-refractivity contribution >= 4 is 23.3 Å². The van der Waals surface area contributed by atoms with Crippen LogP contribution in [0.25, 0.3) is 22.2 Å². The Morgan fingerprint density at radius 3 is 2.38 bits per heavy atom. The molecule has 0 saturated carbocycles. The predicted octanol–water partition coefficient (Wildman–Crippen LogP) is 4.78. The largest absolute Gasteiger partial charge is 0.302 e. The average molecular weight is 344 g/mol. The molecule has 0 spiro atoms. The molecule has 0 radical (unpaired) electrons. The predicted molar refractivity (Wildman–Crippen MR) is 105 cm³/mol. The molecule has 0 aliphatic rings. The molecule has 0 amide bonds. The van der Waals surface area contributed by atoms with Gasteiger partial charge in [-0.05, 0) is 32.1 Å². The number of halogens is 1. The summed E-state index contributed by atoms with van der Waals surface area (Å²) in [6.07, 6.45) is 0. The number of aryl methyl sites for hydroxylation is 1. The number of rotatable bonds is 6. The number of nitrogens with zero attached hydrogens (tertiary/aromatic N) is 3. The lowest BCUT2D eigenvalue weighted by Crippen LogP contribution is -2.27. The van der Waals surface area contributed by atoms with Crippen LogP contribution in [0.2, 0.25) is 0 Å². The second kappa shape index (κ2) is 8.32. The first kappa shape index (κ1) is 18.5. The maximum Gasteiger partial charge on any atom is 0.100 e. The van der Waals surface area contributed by atoms with Crippen molar-refractivity contribution in [2.75, 3.05) is 19.6 Å². The molecule has 0 unspecified atom stereocenters. The molecule has 4 heteroatoms. The molecule has 2 aromatic carbocycles. The third-order valence-electron chi connectivity index (χ3n) is 4.48. The number of likely N-dealkylation sites (N-methyl/N-ethyl adjacent to an activating group) is 1. The fourth-order valence-electron chi connectivity index (χ4n) is 3.05. The normalized spacial score (nSPS) is 11.0. The Hall–Kier alpha value is -1.84. The summed E-state index contributed by atoms with van der Waals surface area (Å²) in [6.45, 7) is 10.7. The topological polar surface area (TPSA) is 21.1 Å². The lowest BCUT2D eigenvalue weighted by Gasteiger charge is -2.17. The van der Waals surface area contributed by atoms with Crippen LogP contribution in [-0.2, 0) is 6.54 Å². The van der Waals surface area contributed by atoms with Gasteiger partial charge < -0.3 is 4.90 Å². The first-order valence-corrected chi connectivity index (χ1v) is 8.48. The smallest absolute Gasteiger partial charge is 0.100 e. The van der Waals surface area contributed by atoms with Crippen LogP contribution in [0.15, 0.2) is 48.5 Å². The van der Waals surface area contributed by atoms with Crippen molar-refractivity contribution in [1.29, 1.82) is 0 Å². The van der Waals surface area contributed by atoms with Crippen molar-refractivity contribution in [3.63, 3.8) is 0 Å². The summed E-state index contributed by atoms with van der Waals surface area (Å²) >= 11 is 0. The molecule has 24 heavy (non-hydrogen) atoms. The van der Waals surface area contributed by atoms with E-state index in [-0.39, 0.29) is 12.4 Å². The minimum atomic E-state index is 0. The number of fused-ring (bicyclic) bond motifs is 1. The highest BCUT2D eigenvalue weighted by Crippen LogP contribution is 2.28. The van der Waals surface area contributed by atoms with Gasteiger partial charge in [-0.2, -0.15) is 5.10 Å². The zero-order chi connectivity index (χ0) is 16.2. The summed E-state index contributed by atoms with van der Waals surface area (Å²) in [4.78, 5) is 2.43. The molecule has 0 atom stereocenters. The molecule has 1 heterocycles. The van der Waals surface area contributed by atoms with Gasteiger partial charge in [0.2, 0.25) is 0 Å². The van der Waals surface area contributed by atoms with Crippen LogP contribution in [0.5, 0.6) is 0 Å². The Bertz CT molecular complexity index is 776. The Kier molecular flexibility index (Phi) is 6.41. The molecular formula is C20H26ClN3. The minimum Gasteiger partial charge on any atom is -0.302 e. The van der Waals surface area contributed by atoms with Crippen LogP contribution in [0.4, 0.5) is 0 Å². The van der Waals surface area contributed by atoms with Crippen LogP contribution in [0.3, 0.4) is 0 Å². The fraction of sp³-hybridized carbons (Fsp3) is 0.350. The molecule has 0 N–H and O–H groups in total. The van der Waals surface area contributed by atoms with Gasteiger partial charge in [0.25, 0.3) is 0 Å². The molecule has 3 nitrogen and oxygen atoms in total. The van der Waals surface area contributed by atoms with E-state index in [1.807, 2.05) is 6.07 Å². The van der Waals surface area contributed by atoms with Crippen molar-refractivity contribution in [2.45, 2.75) is 27.3 Å². The maximum atomic E-state index is 4.93. The summed E-state index contributed by atoms with van der Waals surface area (Å²) in [5, 5.41) is 6.18. The quantitative estimate of drug-likeness (QED) is 0.642. The number of aromatic nitrogens is 2. The molecule has 0 bridgehead atoms. The maximum absolute atomic E-state index is 4.93. The Balaban J connectivity index is 0.00000208. The summed E-state index contributed by atoms with van der Waals surface area (Å²) < 4.78 is 2.16. The van der Waals surface area contributed by atoms with Gasteiger partial charge >= 0.3 is 0 Å². The van der Waals surface area contributed by atoms with E-state index in [0.717, 1.165) is 31.9 Å². The van der Waals surface area contributed by atoms with E-state index >= 15 is 0 Å². The number of hydrogen-bond donors (Lipinski definition) is 0. The van der Waals surface area contributed by atoms with E-state index in [4.69, 9.17) is 5.10 Å². The molecule has 3 aromatic rings. The third-order valence-corrected chi connectivity index (χ3v) is 4.48. The van der Waals surface area contributed by atoms with Gasteiger partial charge in [0.15, 0.2) is 0 Å². The highest BCUT2D eigenvalue weighted by atomic mass is 35.5. The van der Waals surface area contributed by atoms with E-state index in [2.05, 4.69) is 72.8 Å². The van der Waals surface area contributed by atoms with Crippen molar-refractivity contribution in [3.05, 3.63) is 54.1 Å². The number of benzene rings is 2. The summed E-state index contributed by atoms with van der Waals surface area (Å²) in [7, 11) is 0. The highest BCUT2D eigenvalue weighted by Gasteiger charge is 2.12. The van der Waals surface area contributed by atoms with E-state index in [1.54, 1.807) is 0 Å². The highest BCUT2D eigenvalue weighted by molar-refractivity contribution is 5.93. The Morgan fingerprint density at radius 2 is 1.71 bits per heavy atom. The van der Waals surface area contributed by atoms with Crippen LogP contribution < -0.4 is 0 Å². The Morgan fingerprint density at radius 1 is 1.00 bits per heavy atom. The molecule has 0 fully saturated rings. The number of hydrogen-bond acceptors (Lipinski definition) is 2. The lowest BCUT2D eigenvalue weighted by molar-refractivity contribution is 0.287. The van der Waals surface area contributed by atoms with Crippen LogP contribution in [0.1, 0.15) is 19.4 Å². The van der Waals surface area contributed by atoms with Crippen molar-refractivity contribution < 1.29 is 0 Å². The molecule has 128 valence electrons. The third kappa shape index (κ3) is 3.80. The zero-order valence-corrected chi connectivity index (χ0v) is 15.5. The average Bonchev–Trinajstić information content (AvgIpc) is 2.94. The SMILES string of the molecule is CCN(CC)CCn1nc(-c2ccccc2)c2cc(C)ccc21.Cl. The second-order valence-electron chi connectivity index (χ2n) is 5.99. The lowest BCUT2D eigenvalue weighted by atomic mass is 10.1. The zero-order valence-electron chi connectivity index (χ0n) is 14.7. The fourth-order valence-corrected chi connectivity index (χ4v) is 3.05. The van der Waals surface area contributed by atoms with E-state index in [0.29, 0.717) is 0 Å². The van der Waals surface area contributed by atoms with Gasteiger partial charge in [-0.3, -0.25) is 4.68 Å². The van der Waals surface area contributed by atoms with E-state index in [1.165, 1.54) is 22.0 Å². The van der Waals surface area contributed by atoms with Gasteiger partial charge in [-0.1, -0.05) is 55.8 Å². The monoisotopic (exact) mass is 343 g/mol.